The van der Waals surface area contributed by atoms with Gasteiger partial charge in [-0.3, -0.25) is 4.79 Å². The van der Waals surface area contributed by atoms with Gasteiger partial charge in [-0.15, -0.1) is 0 Å². The Balaban J connectivity index is 1.54. The summed E-state index contributed by atoms with van der Waals surface area (Å²) in [6, 6.07) is 21.3. The first kappa shape index (κ1) is 20.9. The van der Waals surface area contributed by atoms with E-state index < -0.39 is 5.25 Å². The average Bonchev–Trinajstić information content (AvgIpc) is 3.19. The lowest BCUT2D eigenvalue weighted by Crippen LogP contribution is -2.27. The number of nitrogens with one attached hydrogen (secondary N) is 2. The van der Waals surface area contributed by atoms with Gasteiger partial charge in [0.1, 0.15) is 16.8 Å². The number of fused-ring (bicyclic) bond motifs is 1. The Morgan fingerprint density at radius 3 is 2.65 bits per heavy atom. The van der Waals surface area contributed by atoms with E-state index in [-0.39, 0.29) is 11.7 Å². The maximum Gasteiger partial charge on any atom is 0.238 e. The summed E-state index contributed by atoms with van der Waals surface area (Å²) in [5, 5.41) is 3.11. The number of ether oxygens (including phenoxy) is 1. The van der Waals surface area contributed by atoms with Crippen LogP contribution in [0.3, 0.4) is 0 Å². The molecule has 1 unspecified atom stereocenters. The summed E-state index contributed by atoms with van der Waals surface area (Å²) in [4.78, 5) is 21.0. The van der Waals surface area contributed by atoms with Gasteiger partial charge in [0.05, 0.1) is 17.6 Å². The SMILES string of the molecule is CCOc1ccc2nc(SC(C(=O)NCc3ccc(F)cc3)c3ccccc3)[nH]c2c1. The Labute approximate surface area is 184 Å². The number of imidazole rings is 1. The third-order valence-electron chi connectivity index (χ3n) is 4.69. The number of hydrogen-bond acceptors (Lipinski definition) is 4. The summed E-state index contributed by atoms with van der Waals surface area (Å²) >= 11 is 1.35. The summed E-state index contributed by atoms with van der Waals surface area (Å²) in [5.41, 5.74) is 3.37. The molecule has 0 aliphatic rings. The summed E-state index contributed by atoms with van der Waals surface area (Å²) in [5.74, 6) is 0.327. The highest BCUT2D eigenvalue weighted by atomic mass is 32.2. The molecule has 158 valence electrons. The lowest BCUT2D eigenvalue weighted by molar-refractivity contribution is -0.120. The predicted octanol–water partition coefficient (Wildman–Crippen LogP) is 5.25. The lowest BCUT2D eigenvalue weighted by Gasteiger charge is -2.16. The third kappa shape index (κ3) is 5.24. The molecule has 1 atom stereocenters. The second-order valence-electron chi connectivity index (χ2n) is 6.91. The molecule has 1 heterocycles. The molecule has 0 bridgehead atoms. The van der Waals surface area contributed by atoms with Crippen molar-refractivity contribution in [2.45, 2.75) is 23.9 Å². The molecule has 4 aromatic rings. The van der Waals surface area contributed by atoms with Crippen LogP contribution in [0.1, 0.15) is 23.3 Å². The van der Waals surface area contributed by atoms with Crippen molar-refractivity contribution in [3.8, 4) is 5.75 Å². The molecule has 0 radical (unpaired) electrons. The fraction of sp³-hybridized carbons (Fsp3) is 0.167. The van der Waals surface area contributed by atoms with Gasteiger partial charge in [0, 0.05) is 12.6 Å². The van der Waals surface area contributed by atoms with Crippen molar-refractivity contribution < 1.29 is 13.9 Å². The highest BCUT2D eigenvalue weighted by Gasteiger charge is 2.23. The molecule has 7 heteroatoms. The summed E-state index contributed by atoms with van der Waals surface area (Å²) in [6.07, 6.45) is 0. The van der Waals surface area contributed by atoms with E-state index in [4.69, 9.17) is 4.74 Å². The Morgan fingerprint density at radius 2 is 1.90 bits per heavy atom. The van der Waals surface area contributed by atoms with Gasteiger partial charge in [-0.25, -0.2) is 9.37 Å². The van der Waals surface area contributed by atoms with Crippen molar-refractivity contribution in [3.05, 3.63) is 89.7 Å². The van der Waals surface area contributed by atoms with Crippen LogP contribution in [0.4, 0.5) is 4.39 Å². The van der Waals surface area contributed by atoms with Crippen LogP contribution in [-0.4, -0.2) is 22.5 Å². The third-order valence-corrected chi connectivity index (χ3v) is 5.83. The monoisotopic (exact) mass is 435 g/mol. The number of H-pyrrole nitrogens is 1. The normalized spacial score (nSPS) is 11.9. The highest BCUT2D eigenvalue weighted by molar-refractivity contribution is 8.00. The van der Waals surface area contributed by atoms with E-state index in [2.05, 4.69) is 15.3 Å². The van der Waals surface area contributed by atoms with Crippen LogP contribution in [0.5, 0.6) is 5.75 Å². The molecular weight excluding hydrogens is 413 g/mol. The Kier molecular flexibility index (Phi) is 6.52. The number of halogens is 1. The molecule has 4 rings (SSSR count). The molecule has 0 saturated heterocycles. The maximum absolute atomic E-state index is 13.1. The van der Waals surface area contributed by atoms with Crippen LogP contribution >= 0.6 is 11.8 Å². The molecule has 2 N–H and O–H groups in total. The number of benzene rings is 3. The van der Waals surface area contributed by atoms with Crippen molar-refractivity contribution >= 4 is 28.7 Å². The Hall–Kier alpha value is -3.32. The van der Waals surface area contributed by atoms with Gasteiger partial charge in [0.15, 0.2) is 5.16 Å². The van der Waals surface area contributed by atoms with E-state index in [1.807, 2.05) is 55.5 Å². The van der Waals surface area contributed by atoms with Gasteiger partial charge in [-0.1, -0.05) is 54.2 Å². The van der Waals surface area contributed by atoms with E-state index in [1.54, 1.807) is 12.1 Å². The minimum Gasteiger partial charge on any atom is -0.494 e. The maximum atomic E-state index is 13.1. The van der Waals surface area contributed by atoms with Gasteiger partial charge in [0.25, 0.3) is 0 Å². The zero-order valence-electron chi connectivity index (χ0n) is 17.0. The van der Waals surface area contributed by atoms with E-state index in [1.165, 1.54) is 23.9 Å². The van der Waals surface area contributed by atoms with Crippen molar-refractivity contribution in [1.82, 2.24) is 15.3 Å². The smallest absolute Gasteiger partial charge is 0.238 e. The molecule has 0 aliphatic heterocycles. The second-order valence-corrected chi connectivity index (χ2v) is 8.00. The van der Waals surface area contributed by atoms with Crippen LogP contribution < -0.4 is 10.1 Å². The van der Waals surface area contributed by atoms with Crippen molar-refractivity contribution in [3.63, 3.8) is 0 Å². The topological polar surface area (TPSA) is 67.0 Å². The molecule has 0 saturated carbocycles. The van der Waals surface area contributed by atoms with Crippen LogP contribution in [-0.2, 0) is 11.3 Å². The Bertz CT molecular complexity index is 1160. The number of hydrogen-bond donors (Lipinski definition) is 2. The van der Waals surface area contributed by atoms with Gasteiger partial charge in [-0.05, 0) is 42.3 Å². The van der Waals surface area contributed by atoms with E-state index >= 15 is 0 Å². The first-order valence-electron chi connectivity index (χ1n) is 9.98. The zero-order valence-corrected chi connectivity index (χ0v) is 17.8. The summed E-state index contributed by atoms with van der Waals surface area (Å²) in [6.45, 7) is 2.85. The molecule has 1 amide bonds. The first-order chi connectivity index (χ1) is 15.1. The highest BCUT2D eigenvalue weighted by Crippen LogP contribution is 2.35. The van der Waals surface area contributed by atoms with Crippen molar-refractivity contribution in [2.75, 3.05) is 6.61 Å². The summed E-state index contributed by atoms with van der Waals surface area (Å²) in [7, 11) is 0. The van der Waals surface area contributed by atoms with Crippen LogP contribution in [0.15, 0.2) is 78.0 Å². The van der Waals surface area contributed by atoms with Gasteiger partial charge < -0.3 is 15.0 Å². The van der Waals surface area contributed by atoms with Crippen molar-refractivity contribution in [2.24, 2.45) is 0 Å². The number of amides is 1. The molecule has 0 aliphatic carbocycles. The second kappa shape index (κ2) is 9.66. The molecule has 0 fully saturated rings. The lowest BCUT2D eigenvalue weighted by atomic mass is 10.1. The van der Waals surface area contributed by atoms with Gasteiger partial charge in [0.2, 0.25) is 5.91 Å². The zero-order chi connectivity index (χ0) is 21.6. The van der Waals surface area contributed by atoms with E-state index in [0.29, 0.717) is 18.3 Å². The fourth-order valence-electron chi connectivity index (χ4n) is 3.17. The number of carbonyl (C=O) groups is 1. The van der Waals surface area contributed by atoms with E-state index in [9.17, 15) is 9.18 Å². The molecule has 1 aromatic heterocycles. The number of carbonyl (C=O) groups excluding carboxylic acids is 1. The average molecular weight is 436 g/mol. The van der Waals surface area contributed by atoms with Gasteiger partial charge >= 0.3 is 0 Å². The number of nitrogens with zero attached hydrogens (tertiary/aromatic N) is 1. The molecule has 5 nitrogen and oxygen atoms in total. The number of thioether (sulfide) groups is 1. The summed E-state index contributed by atoms with van der Waals surface area (Å²) < 4.78 is 18.7. The molecule has 31 heavy (non-hydrogen) atoms. The van der Waals surface area contributed by atoms with Crippen LogP contribution in [0.2, 0.25) is 0 Å². The largest absolute Gasteiger partial charge is 0.494 e. The Morgan fingerprint density at radius 1 is 1.13 bits per heavy atom. The first-order valence-corrected chi connectivity index (χ1v) is 10.9. The molecule has 3 aromatic carbocycles. The van der Waals surface area contributed by atoms with Crippen LogP contribution in [0.25, 0.3) is 11.0 Å². The van der Waals surface area contributed by atoms with E-state index in [0.717, 1.165) is 27.9 Å². The van der Waals surface area contributed by atoms with Gasteiger partial charge in [-0.2, -0.15) is 0 Å². The number of rotatable bonds is 8. The predicted molar refractivity (Wildman–Crippen MR) is 121 cm³/mol. The number of aromatic amines is 1. The number of aromatic nitrogens is 2. The minimum atomic E-state index is -0.492. The molecule has 0 spiro atoms. The fourth-order valence-corrected chi connectivity index (χ4v) is 4.20. The standard InChI is InChI=1S/C24H22FN3O2S/c1-2-30-19-12-13-20-21(14-19)28-24(27-20)31-22(17-6-4-3-5-7-17)23(29)26-15-16-8-10-18(25)11-9-16/h3-14,22H,2,15H2,1H3,(H,26,29)(H,27,28). The quantitative estimate of drug-likeness (QED) is 0.371. The molecular formula is C24H22FN3O2S. The minimum absolute atomic E-state index is 0.143. The van der Waals surface area contributed by atoms with Crippen LogP contribution in [0, 0.1) is 5.82 Å². The van der Waals surface area contributed by atoms with Crippen molar-refractivity contribution in [1.29, 1.82) is 0 Å².